The first kappa shape index (κ1) is 21.4. The number of anilines is 1. The zero-order chi connectivity index (χ0) is 17.5. The van der Waals surface area contributed by atoms with E-state index in [0.717, 1.165) is 24.1 Å². The highest BCUT2D eigenvalue weighted by atomic mass is 35.5. The molecule has 0 aliphatic carbocycles. The lowest BCUT2D eigenvalue weighted by Crippen LogP contribution is -2.44. The first-order chi connectivity index (χ1) is 11.5. The fraction of sp³-hybridized carbons (Fsp3) is 0.556. The first-order valence-electron chi connectivity index (χ1n) is 8.55. The molecule has 0 unspecified atom stereocenters. The van der Waals surface area contributed by atoms with Crippen molar-refractivity contribution in [3.8, 4) is 0 Å². The summed E-state index contributed by atoms with van der Waals surface area (Å²) in [5, 5.41) is 2.87. The number of para-hydroxylation sites is 1. The number of nitrogens with zero attached hydrogens (tertiary/aromatic N) is 1. The van der Waals surface area contributed by atoms with E-state index >= 15 is 0 Å². The fourth-order valence-corrected chi connectivity index (χ4v) is 2.88. The third-order valence-electron chi connectivity index (χ3n) is 4.20. The van der Waals surface area contributed by atoms with Crippen LogP contribution in [0.5, 0.6) is 0 Å². The minimum absolute atomic E-state index is 0. The van der Waals surface area contributed by atoms with Gasteiger partial charge in [-0.05, 0) is 37.8 Å². The van der Waals surface area contributed by atoms with Crippen molar-refractivity contribution < 1.29 is 14.3 Å². The SMILES string of the molecule is CCCN(CC(=O)Nc1ccccc1C)C(=O)[C@@H]1CC[C@H](CN)O1.Cl. The Kier molecular flexibility index (Phi) is 8.89. The van der Waals surface area contributed by atoms with Crippen molar-refractivity contribution >= 4 is 29.9 Å². The molecule has 6 nitrogen and oxygen atoms in total. The van der Waals surface area contributed by atoms with Gasteiger partial charge in [-0.3, -0.25) is 9.59 Å². The van der Waals surface area contributed by atoms with Crippen LogP contribution in [0.15, 0.2) is 24.3 Å². The molecule has 1 aromatic carbocycles. The number of hydrogen-bond acceptors (Lipinski definition) is 4. The van der Waals surface area contributed by atoms with Gasteiger partial charge in [0.1, 0.15) is 6.10 Å². The number of halogens is 1. The lowest BCUT2D eigenvalue weighted by Gasteiger charge is -2.25. The van der Waals surface area contributed by atoms with Gasteiger partial charge in [0.05, 0.1) is 12.6 Å². The van der Waals surface area contributed by atoms with Crippen LogP contribution in [0.2, 0.25) is 0 Å². The van der Waals surface area contributed by atoms with Gasteiger partial charge < -0.3 is 20.7 Å². The smallest absolute Gasteiger partial charge is 0.252 e. The second-order valence-electron chi connectivity index (χ2n) is 6.18. The average molecular weight is 370 g/mol. The molecular weight excluding hydrogens is 342 g/mol. The third kappa shape index (κ3) is 5.99. The van der Waals surface area contributed by atoms with Crippen molar-refractivity contribution in [2.45, 2.75) is 45.3 Å². The number of carbonyl (C=O) groups is 2. The van der Waals surface area contributed by atoms with Gasteiger partial charge in [0.15, 0.2) is 0 Å². The highest BCUT2D eigenvalue weighted by molar-refractivity contribution is 5.95. The Balaban J connectivity index is 0.00000312. The molecule has 1 saturated heterocycles. The lowest BCUT2D eigenvalue weighted by molar-refractivity contribution is -0.144. The minimum Gasteiger partial charge on any atom is -0.364 e. The Morgan fingerprint density at radius 2 is 2.04 bits per heavy atom. The number of amides is 2. The van der Waals surface area contributed by atoms with E-state index in [4.69, 9.17) is 10.5 Å². The van der Waals surface area contributed by atoms with Crippen LogP contribution in [0.25, 0.3) is 0 Å². The summed E-state index contributed by atoms with van der Waals surface area (Å²) in [6.45, 7) is 4.91. The predicted molar refractivity (Wildman–Crippen MR) is 101 cm³/mol. The van der Waals surface area contributed by atoms with Gasteiger partial charge in [-0.25, -0.2) is 0 Å². The largest absolute Gasteiger partial charge is 0.364 e. The molecule has 0 spiro atoms. The number of rotatable bonds is 7. The Bertz CT molecular complexity index is 582. The number of aryl methyl sites for hydroxylation is 1. The van der Waals surface area contributed by atoms with E-state index in [1.165, 1.54) is 0 Å². The summed E-state index contributed by atoms with van der Waals surface area (Å²) in [6.07, 6.45) is 1.72. The van der Waals surface area contributed by atoms with E-state index in [1.54, 1.807) is 4.90 Å². The molecule has 0 bridgehead atoms. The van der Waals surface area contributed by atoms with Crippen LogP contribution in [0.1, 0.15) is 31.7 Å². The first-order valence-corrected chi connectivity index (χ1v) is 8.55. The quantitative estimate of drug-likeness (QED) is 0.770. The van der Waals surface area contributed by atoms with Crippen LogP contribution in [-0.2, 0) is 14.3 Å². The Morgan fingerprint density at radius 1 is 1.32 bits per heavy atom. The molecule has 1 aromatic rings. The molecule has 0 radical (unpaired) electrons. The number of carbonyl (C=O) groups excluding carboxylic acids is 2. The van der Waals surface area contributed by atoms with Crippen molar-refractivity contribution in [2.24, 2.45) is 5.73 Å². The van der Waals surface area contributed by atoms with Crippen molar-refractivity contribution in [3.05, 3.63) is 29.8 Å². The standard InChI is InChI=1S/C18H27N3O3.ClH/c1-3-10-21(18(23)16-9-8-14(11-19)24-16)12-17(22)20-15-7-5-4-6-13(15)2;/h4-7,14,16H,3,8-12,19H2,1-2H3,(H,20,22);1H/t14-,16+;/m1./s1. The van der Waals surface area contributed by atoms with Gasteiger partial charge >= 0.3 is 0 Å². The van der Waals surface area contributed by atoms with Crippen molar-refractivity contribution in [1.29, 1.82) is 0 Å². The third-order valence-corrected chi connectivity index (χ3v) is 4.20. The van der Waals surface area contributed by atoms with Crippen LogP contribution in [0, 0.1) is 6.92 Å². The zero-order valence-electron chi connectivity index (χ0n) is 14.9. The second kappa shape index (κ2) is 10.4. The molecule has 25 heavy (non-hydrogen) atoms. The molecule has 0 aromatic heterocycles. The van der Waals surface area contributed by atoms with Gasteiger partial charge in [0, 0.05) is 18.8 Å². The van der Waals surface area contributed by atoms with E-state index in [1.807, 2.05) is 38.1 Å². The normalized spacial score (nSPS) is 19.2. The summed E-state index contributed by atoms with van der Waals surface area (Å²) < 4.78 is 5.67. The predicted octanol–water partition coefficient (Wildman–Crippen LogP) is 2.10. The Hall–Kier alpha value is -1.63. The molecular formula is C18H28ClN3O3. The summed E-state index contributed by atoms with van der Waals surface area (Å²) >= 11 is 0. The van der Waals surface area contributed by atoms with Gasteiger partial charge in [-0.15, -0.1) is 12.4 Å². The van der Waals surface area contributed by atoms with Crippen molar-refractivity contribution in [2.75, 3.05) is 25.0 Å². The van der Waals surface area contributed by atoms with Gasteiger partial charge in [-0.2, -0.15) is 0 Å². The monoisotopic (exact) mass is 369 g/mol. The van der Waals surface area contributed by atoms with Crippen molar-refractivity contribution in [3.63, 3.8) is 0 Å². The molecule has 1 aliphatic rings. The Morgan fingerprint density at radius 3 is 2.64 bits per heavy atom. The van der Waals surface area contributed by atoms with Gasteiger partial charge in [0.2, 0.25) is 5.91 Å². The number of nitrogens with two attached hydrogens (primary N) is 1. The summed E-state index contributed by atoms with van der Waals surface area (Å²) in [5.41, 5.74) is 7.36. The van der Waals surface area contributed by atoms with Gasteiger partial charge in [0.25, 0.3) is 5.91 Å². The van der Waals surface area contributed by atoms with E-state index in [9.17, 15) is 9.59 Å². The number of ether oxygens (including phenoxy) is 1. The highest BCUT2D eigenvalue weighted by Gasteiger charge is 2.33. The number of hydrogen-bond donors (Lipinski definition) is 2. The minimum atomic E-state index is -0.476. The maximum atomic E-state index is 12.6. The van der Waals surface area contributed by atoms with Crippen LogP contribution in [0.3, 0.4) is 0 Å². The maximum absolute atomic E-state index is 12.6. The fourth-order valence-electron chi connectivity index (χ4n) is 2.88. The molecule has 1 aliphatic heterocycles. The molecule has 2 atom stereocenters. The molecule has 140 valence electrons. The molecule has 2 rings (SSSR count). The average Bonchev–Trinajstić information content (AvgIpc) is 3.05. The van der Waals surface area contributed by atoms with E-state index in [0.29, 0.717) is 19.5 Å². The van der Waals surface area contributed by atoms with E-state index < -0.39 is 6.10 Å². The topological polar surface area (TPSA) is 84.7 Å². The summed E-state index contributed by atoms with van der Waals surface area (Å²) in [5.74, 6) is -0.313. The second-order valence-corrected chi connectivity index (χ2v) is 6.18. The highest BCUT2D eigenvalue weighted by Crippen LogP contribution is 2.21. The van der Waals surface area contributed by atoms with Crippen LogP contribution in [0.4, 0.5) is 5.69 Å². The molecule has 7 heteroatoms. The van der Waals surface area contributed by atoms with Crippen molar-refractivity contribution in [1.82, 2.24) is 4.90 Å². The van der Waals surface area contributed by atoms with Crippen LogP contribution < -0.4 is 11.1 Å². The van der Waals surface area contributed by atoms with Crippen LogP contribution in [-0.4, -0.2) is 48.6 Å². The molecule has 1 heterocycles. The lowest BCUT2D eigenvalue weighted by atomic mass is 10.1. The molecule has 2 amide bonds. The molecule has 3 N–H and O–H groups in total. The van der Waals surface area contributed by atoms with Crippen LogP contribution >= 0.6 is 12.4 Å². The molecule has 1 fully saturated rings. The summed E-state index contributed by atoms with van der Waals surface area (Å²) in [7, 11) is 0. The molecule has 0 saturated carbocycles. The van der Waals surface area contributed by atoms with E-state index in [-0.39, 0.29) is 36.9 Å². The maximum Gasteiger partial charge on any atom is 0.252 e. The van der Waals surface area contributed by atoms with Gasteiger partial charge in [-0.1, -0.05) is 25.1 Å². The number of benzene rings is 1. The Labute approximate surface area is 155 Å². The summed E-state index contributed by atoms with van der Waals surface area (Å²) in [4.78, 5) is 26.5. The number of nitrogens with one attached hydrogen (secondary N) is 1. The van der Waals surface area contributed by atoms with E-state index in [2.05, 4.69) is 5.32 Å². The summed E-state index contributed by atoms with van der Waals surface area (Å²) in [6, 6.07) is 7.58. The zero-order valence-corrected chi connectivity index (χ0v) is 15.7.